The van der Waals surface area contributed by atoms with Crippen molar-refractivity contribution in [1.82, 2.24) is 15.3 Å². The summed E-state index contributed by atoms with van der Waals surface area (Å²) in [6.45, 7) is 0.596. The van der Waals surface area contributed by atoms with Crippen LogP contribution in [0, 0.1) is 0 Å². The van der Waals surface area contributed by atoms with Crippen LogP contribution >= 0.6 is 0 Å². The third-order valence-electron chi connectivity index (χ3n) is 5.00. The van der Waals surface area contributed by atoms with Gasteiger partial charge in [0, 0.05) is 47.0 Å². The van der Waals surface area contributed by atoms with Crippen molar-refractivity contribution in [3.63, 3.8) is 0 Å². The van der Waals surface area contributed by atoms with Crippen molar-refractivity contribution < 1.29 is 4.79 Å². The molecular formula is C21H23N3O. The molecule has 0 spiro atoms. The lowest BCUT2D eigenvalue weighted by atomic mass is 10.0. The van der Waals surface area contributed by atoms with Crippen LogP contribution in [0.2, 0.25) is 0 Å². The zero-order valence-corrected chi connectivity index (χ0v) is 14.3. The lowest BCUT2D eigenvalue weighted by Gasteiger charge is -2.06. The molecule has 128 valence electrons. The highest BCUT2D eigenvalue weighted by atomic mass is 16.1. The lowest BCUT2D eigenvalue weighted by Crippen LogP contribution is -2.25. The van der Waals surface area contributed by atoms with Gasteiger partial charge in [-0.15, -0.1) is 0 Å². The molecular weight excluding hydrogens is 310 g/mol. The molecule has 0 aliphatic heterocycles. The summed E-state index contributed by atoms with van der Waals surface area (Å²) in [7, 11) is 0. The summed E-state index contributed by atoms with van der Waals surface area (Å²) in [6.07, 6.45) is 8.53. The molecule has 0 unspecified atom stereocenters. The second-order valence-corrected chi connectivity index (χ2v) is 6.73. The zero-order chi connectivity index (χ0) is 17.1. The summed E-state index contributed by atoms with van der Waals surface area (Å²) in [6, 6.07) is 11.8. The van der Waals surface area contributed by atoms with E-state index in [1.165, 1.54) is 35.9 Å². The van der Waals surface area contributed by atoms with Gasteiger partial charge in [-0.05, 0) is 61.6 Å². The minimum absolute atomic E-state index is 0.0126. The Morgan fingerprint density at radius 3 is 2.92 bits per heavy atom. The molecule has 2 aromatic heterocycles. The number of rotatable bonds is 4. The molecule has 25 heavy (non-hydrogen) atoms. The van der Waals surface area contributed by atoms with Gasteiger partial charge in [0.1, 0.15) is 0 Å². The first-order valence-electron chi connectivity index (χ1n) is 9.13. The number of H-pyrrole nitrogens is 1. The van der Waals surface area contributed by atoms with E-state index in [9.17, 15) is 4.79 Å². The molecule has 1 aliphatic carbocycles. The maximum absolute atomic E-state index is 12.5. The number of amides is 1. The highest BCUT2D eigenvalue weighted by Gasteiger charge is 2.15. The number of benzene rings is 1. The van der Waals surface area contributed by atoms with E-state index in [-0.39, 0.29) is 5.91 Å². The lowest BCUT2D eigenvalue weighted by molar-refractivity contribution is 0.0954. The monoisotopic (exact) mass is 333 g/mol. The van der Waals surface area contributed by atoms with Gasteiger partial charge in [-0.3, -0.25) is 9.78 Å². The van der Waals surface area contributed by atoms with Crippen molar-refractivity contribution in [1.29, 1.82) is 0 Å². The number of pyridine rings is 1. The summed E-state index contributed by atoms with van der Waals surface area (Å²) in [4.78, 5) is 20.3. The molecule has 0 atom stereocenters. The highest BCUT2D eigenvalue weighted by Crippen LogP contribution is 2.29. The standard InChI is InChI=1S/C21H23N3O/c25-21(23-13-11-16-6-4-5-12-22-16)15-9-10-20-18(14-15)17-7-2-1-3-8-19(17)24-20/h4-6,9-10,12,14,24H,1-3,7-8,11,13H2,(H,23,25). The molecule has 3 aromatic rings. The minimum Gasteiger partial charge on any atom is -0.358 e. The summed E-state index contributed by atoms with van der Waals surface area (Å²) >= 11 is 0. The molecule has 2 heterocycles. The second kappa shape index (κ2) is 7.09. The molecule has 0 bridgehead atoms. The molecule has 0 saturated heterocycles. The van der Waals surface area contributed by atoms with Gasteiger partial charge in [0.05, 0.1) is 0 Å². The first-order valence-corrected chi connectivity index (χ1v) is 9.13. The highest BCUT2D eigenvalue weighted by molar-refractivity contribution is 5.99. The van der Waals surface area contributed by atoms with Crippen LogP contribution in [0.15, 0.2) is 42.6 Å². The number of carbonyl (C=O) groups excluding carboxylic acids is 1. The number of nitrogens with zero attached hydrogens (tertiary/aromatic N) is 1. The van der Waals surface area contributed by atoms with Crippen LogP contribution in [-0.2, 0) is 19.3 Å². The maximum atomic E-state index is 12.5. The molecule has 4 rings (SSSR count). The van der Waals surface area contributed by atoms with Crippen LogP contribution in [0.1, 0.15) is 46.6 Å². The number of aryl methyl sites for hydroxylation is 2. The quantitative estimate of drug-likeness (QED) is 0.713. The van der Waals surface area contributed by atoms with Crippen molar-refractivity contribution in [2.45, 2.75) is 38.5 Å². The number of aromatic nitrogens is 2. The number of fused-ring (bicyclic) bond motifs is 3. The third kappa shape index (κ3) is 3.43. The van der Waals surface area contributed by atoms with Crippen molar-refractivity contribution in [3.05, 3.63) is 65.1 Å². The predicted octanol–water partition coefficient (Wildman–Crippen LogP) is 3.80. The predicted molar refractivity (Wildman–Crippen MR) is 99.8 cm³/mol. The van der Waals surface area contributed by atoms with Gasteiger partial charge in [0.15, 0.2) is 0 Å². The van der Waals surface area contributed by atoms with E-state index in [2.05, 4.69) is 15.3 Å². The second-order valence-electron chi connectivity index (χ2n) is 6.73. The smallest absolute Gasteiger partial charge is 0.251 e. The van der Waals surface area contributed by atoms with E-state index in [0.29, 0.717) is 6.54 Å². The average Bonchev–Trinajstić information content (AvgIpc) is 2.82. The molecule has 0 radical (unpaired) electrons. The van der Waals surface area contributed by atoms with Crippen molar-refractivity contribution in [3.8, 4) is 0 Å². The van der Waals surface area contributed by atoms with Gasteiger partial charge in [0.2, 0.25) is 0 Å². The van der Waals surface area contributed by atoms with Gasteiger partial charge < -0.3 is 10.3 Å². The van der Waals surface area contributed by atoms with Gasteiger partial charge in [0.25, 0.3) is 5.91 Å². The van der Waals surface area contributed by atoms with Crippen LogP contribution in [0.25, 0.3) is 10.9 Å². The van der Waals surface area contributed by atoms with E-state index in [4.69, 9.17) is 0 Å². The molecule has 1 aromatic carbocycles. The largest absolute Gasteiger partial charge is 0.358 e. The SMILES string of the molecule is O=C(NCCc1ccccn1)c1ccc2[nH]c3c(c2c1)CCCCC3. The Morgan fingerprint density at radius 2 is 2.04 bits per heavy atom. The Kier molecular flexibility index (Phi) is 4.51. The first-order chi connectivity index (χ1) is 12.3. The van der Waals surface area contributed by atoms with E-state index >= 15 is 0 Å². The van der Waals surface area contributed by atoms with Crippen LogP contribution < -0.4 is 5.32 Å². The Balaban J connectivity index is 1.49. The molecule has 0 saturated carbocycles. The van der Waals surface area contributed by atoms with Crippen LogP contribution in [0.3, 0.4) is 0 Å². The van der Waals surface area contributed by atoms with Crippen molar-refractivity contribution in [2.24, 2.45) is 0 Å². The fourth-order valence-electron chi connectivity index (χ4n) is 3.68. The van der Waals surface area contributed by atoms with Gasteiger partial charge in [-0.2, -0.15) is 0 Å². The van der Waals surface area contributed by atoms with Crippen molar-refractivity contribution >= 4 is 16.8 Å². The van der Waals surface area contributed by atoms with Crippen LogP contribution in [0.5, 0.6) is 0 Å². The average molecular weight is 333 g/mol. The van der Waals surface area contributed by atoms with E-state index in [0.717, 1.165) is 36.0 Å². The Morgan fingerprint density at radius 1 is 1.12 bits per heavy atom. The zero-order valence-electron chi connectivity index (χ0n) is 14.3. The normalized spacial score (nSPS) is 14.1. The maximum Gasteiger partial charge on any atom is 0.251 e. The minimum atomic E-state index is -0.0126. The Hall–Kier alpha value is -2.62. The van der Waals surface area contributed by atoms with Gasteiger partial charge in [-0.1, -0.05) is 12.5 Å². The number of carbonyl (C=O) groups is 1. The topological polar surface area (TPSA) is 57.8 Å². The van der Waals surface area contributed by atoms with E-state index < -0.39 is 0 Å². The van der Waals surface area contributed by atoms with Crippen molar-refractivity contribution in [2.75, 3.05) is 6.54 Å². The summed E-state index contributed by atoms with van der Waals surface area (Å²) in [5.74, 6) is -0.0126. The fourth-order valence-corrected chi connectivity index (χ4v) is 3.68. The summed E-state index contributed by atoms with van der Waals surface area (Å²) < 4.78 is 0. The number of hydrogen-bond acceptors (Lipinski definition) is 2. The van der Waals surface area contributed by atoms with Crippen LogP contribution in [-0.4, -0.2) is 22.4 Å². The number of aromatic amines is 1. The Labute approximate surface area is 147 Å². The van der Waals surface area contributed by atoms with E-state index in [1.807, 2.05) is 36.4 Å². The molecule has 0 fully saturated rings. The summed E-state index contributed by atoms with van der Waals surface area (Å²) in [5, 5.41) is 4.22. The molecule has 2 N–H and O–H groups in total. The van der Waals surface area contributed by atoms with Gasteiger partial charge >= 0.3 is 0 Å². The fraction of sp³-hybridized carbons (Fsp3) is 0.333. The third-order valence-corrected chi connectivity index (χ3v) is 5.00. The van der Waals surface area contributed by atoms with E-state index in [1.54, 1.807) is 6.20 Å². The molecule has 4 heteroatoms. The van der Waals surface area contributed by atoms with Crippen LogP contribution in [0.4, 0.5) is 0 Å². The van der Waals surface area contributed by atoms with Gasteiger partial charge in [-0.25, -0.2) is 0 Å². The Bertz CT molecular complexity index is 883. The number of nitrogens with one attached hydrogen (secondary N) is 2. The molecule has 1 amide bonds. The first kappa shape index (κ1) is 15.9. The molecule has 4 nitrogen and oxygen atoms in total. The number of hydrogen-bond donors (Lipinski definition) is 2. The molecule has 1 aliphatic rings. The summed E-state index contributed by atoms with van der Waals surface area (Å²) in [5.41, 5.74) is 5.65.